The van der Waals surface area contributed by atoms with Gasteiger partial charge in [-0.2, -0.15) is 0 Å². The molecule has 2 heteroatoms. The molecule has 3 saturated carbocycles. The molecule has 5 unspecified atom stereocenters. The highest BCUT2D eigenvalue weighted by atomic mass is 16.1. The van der Waals surface area contributed by atoms with Crippen LogP contribution in [0.3, 0.4) is 0 Å². The molecule has 0 aromatic rings. The van der Waals surface area contributed by atoms with Gasteiger partial charge >= 0.3 is 0 Å². The SMILES string of the molecule is CC1CCCC(C(=O)CC(=O)C2CCC3CCCCC3C2)C1. The summed E-state index contributed by atoms with van der Waals surface area (Å²) >= 11 is 0. The van der Waals surface area contributed by atoms with Crippen LogP contribution in [0, 0.1) is 29.6 Å². The average molecular weight is 304 g/mol. The molecule has 0 aliphatic heterocycles. The first-order valence-corrected chi connectivity index (χ1v) is 9.69. The lowest BCUT2D eigenvalue weighted by molar-refractivity contribution is -0.133. The van der Waals surface area contributed by atoms with Crippen LogP contribution in [0.1, 0.15) is 84.0 Å². The number of hydrogen-bond acceptors (Lipinski definition) is 2. The first kappa shape index (κ1) is 16.2. The Labute approximate surface area is 135 Å². The fourth-order valence-electron chi connectivity index (χ4n) is 5.35. The topological polar surface area (TPSA) is 34.1 Å². The van der Waals surface area contributed by atoms with Crippen LogP contribution in [0.4, 0.5) is 0 Å². The van der Waals surface area contributed by atoms with Crippen LogP contribution in [-0.2, 0) is 9.59 Å². The molecule has 124 valence electrons. The molecule has 3 aliphatic carbocycles. The van der Waals surface area contributed by atoms with Crippen LogP contribution in [0.2, 0.25) is 0 Å². The summed E-state index contributed by atoms with van der Waals surface area (Å²) in [6, 6.07) is 0. The Balaban J connectivity index is 1.50. The van der Waals surface area contributed by atoms with E-state index in [0.29, 0.717) is 5.92 Å². The first-order valence-electron chi connectivity index (χ1n) is 9.69. The van der Waals surface area contributed by atoms with Crippen molar-refractivity contribution in [2.75, 3.05) is 0 Å². The predicted octanol–water partition coefficient (Wildman–Crippen LogP) is 4.95. The highest BCUT2D eigenvalue weighted by Gasteiger charge is 2.36. The fraction of sp³-hybridized carbons (Fsp3) is 0.900. The second-order valence-electron chi connectivity index (χ2n) is 8.39. The molecule has 0 bridgehead atoms. The van der Waals surface area contributed by atoms with Crippen molar-refractivity contribution >= 4 is 11.6 Å². The molecule has 22 heavy (non-hydrogen) atoms. The zero-order valence-electron chi connectivity index (χ0n) is 14.2. The van der Waals surface area contributed by atoms with Crippen molar-refractivity contribution in [2.45, 2.75) is 84.0 Å². The third kappa shape index (κ3) is 3.81. The smallest absolute Gasteiger partial charge is 0.143 e. The van der Waals surface area contributed by atoms with Gasteiger partial charge in [-0.3, -0.25) is 9.59 Å². The average Bonchev–Trinajstić information content (AvgIpc) is 2.54. The largest absolute Gasteiger partial charge is 0.299 e. The minimum atomic E-state index is 0.179. The molecule has 3 fully saturated rings. The molecule has 5 atom stereocenters. The molecule has 0 N–H and O–H groups in total. The van der Waals surface area contributed by atoms with E-state index in [-0.39, 0.29) is 29.8 Å². The van der Waals surface area contributed by atoms with Crippen LogP contribution in [0.15, 0.2) is 0 Å². The minimum Gasteiger partial charge on any atom is -0.299 e. The molecular formula is C20H32O2. The third-order valence-electron chi connectivity index (χ3n) is 6.74. The van der Waals surface area contributed by atoms with Crippen LogP contribution in [0.5, 0.6) is 0 Å². The lowest BCUT2D eigenvalue weighted by Crippen LogP contribution is -2.33. The zero-order valence-corrected chi connectivity index (χ0v) is 14.2. The summed E-state index contributed by atoms with van der Waals surface area (Å²) < 4.78 is 0. The van der Waals surface area contributed by atoms with Crippen LogP contribution in [0.25, 0.3) is 0 Å². The van der Waals surface area contributed by atoms with E-state index < -0.39 is 0 Å². The third-order valence-corrected chi connectivity index (χ3v) is 6.74. The van der Waals surface area contributed by atoms with Crippen LogP contribution in [-0.4, -0.2) is 11.6 Å². The van der Waals surface area contributed by atoms with E-state index in [1.165, 1.54) is 44.9 Å². The lowest BCUT2D eigenvalue weighted by Gasteiger charge is -2.38. The van der Waals surface area contributed by atoms with E-state index in [2.05, 4.69) is 6.92 Å². The summed E-state index contributed by atoms with van der Waals surface area (Å²) in [6.07, 6.45) is 13.5. The van der Waals surface area contributed by atoms with Gasteiger partial charge in [0.2, 0.25) is 0 Å². The van der Waals surface area contributed by atoms with Gasteiger partial charge in [-0.25, -0.2) is 0 Å². The van der Waals surface area contributed by atoms with Crippen molar-refractivity contribution in [3.63, 3.8) is 0 Å². The van der Waals surface area contributed by atoms with Gasteiger partial charge in [-0.15, -0.1) is 0 Å². The molecule has 0 saturated heterocycles. The number of carbonyl (C=O) groups is 2. The summed E-state index contributed by atoms with van der Waals surface area (Å²) in [5, 5.41) is 0. The quantitative estimate of drug-likeness (QED) is 0.689. The summed E-state index contributed by atoms with van der Waals surface area (Å²) in [4.78, 5) is 25.0. The van der Waals surface area contributed by atoms with E-state index in [4.69, 9.17) is 0 Å². The molecular weight excluding hydrogens is 272 g/mol. The second kappa shape index (κ2) is 7.27. The molecule has 0 aromatic heterocycles. The van der Waals surface area contributed by atoms with Crippen molar-refractivity contribution in [1.29, 1.82) is 0 Å². The van der Waals surface area contributed by atoms with Crippen molar-refractivity contribution in [2.24, 2.45) is 29.6 Å². The standard InChI is InChI=1S/C20H32O2/c1-14-5-4-8-17(11-14)19(21)13-20(22)18-10-9-15-6-2-3-7-16(15)12-18/h14-18H,2-13H2,1H3. The molecule has 3 rings (SSSR count). The Hall–Kier alpha value is -0.660. The first-order chi connectivity index (χ1) is 10.6. The van der Waals surface area contributed by atoms with Crippen molar-refractivity contribution in [3.05, 3.63) is 0 Å². The van der Waals surface area contributed by atoms with Crippen molar-refractivity contribution in [1.82, 2.24) is 0 Å². The predicted molar refractivity (Wildman–Crippen MR) is 88.5 cm³/mol. The normalized spacial score (nSPS) is 39.0. The number of rotatable bonds is 4. The molecule has 3 aliphatic rings. The van der Waals surface area contributed by atoms with E-state index in [9.17, 15) is 9.59 Å². The molecule has 0 radical (unpaired) electrons. The molecule has 2 nitrogen and oxygen atoms in total. The van der Waals surface area contributed by atoms with Crippen LogP contribution >= 0.6 is 0 Å². The monoisotopic (exact) mass is 304 g/mol. The Bertz CT molecular complexity index is 414. The minimum absolute atomic E-state index is 0.179. The zero-order chi connectivity index (χ0) is 15.5. The Morgan fingerprint density at radius 3 is 2.14 bits per heavy atom. The van der Waals surface area contributed by atoms with Gasteiger partial charge in [0.15, 0.2) is 0 Å². The van der Waals surface area contributed by atoms with Crippen molar-refractivity contribution in [3.8, 4) is 0 Å². The van der Waals surface area contributed by atoms with Gasteiger partial charge in [-0.1, -0.05) is 45.4 Å². The van der Waals surface area contributed by atoms with Crippen LogP contribution < -0.4 is 0 Å². The van der Waals surface area contributed by atoms with Gasteiger partial charge in [0, 0.05) is 11.8 Å². The summed E-state index contributed by atoms with van der Waals surface area (Å²) in [6.45, 7) is 2.24. The number of hydrogen-bond donors (Lipinski definition) is 0. The molecule has 0 aromatic carbocycles. The Morgan fingerprint density at radius 2 is 1.41 bits per heavy atom. The Kier molecular flexibility index (Phi) is 5.36. The fourth-order valence-corrected chi connectivity index (χ4v) is 5.35. The summed E-state index contributed by atoms with van der Waals surface area (Å²) in [5.74, 6) is 3.22. The molecule has 0 spiro atoms. The number of Topliss-reactive ketones (excluding diaryl/α,β-unsaturated/α-hetero) is 2. The van der Waals surface area contributed by atoms with E-state index in [1.54, 1.807) is 0 Å². The highest BCUT2D eigenvalue weighted by molar-refractivity contribution is 6.01. The number of fused-ring (bicyclic) bond motifs is 1. The van der Waals surface area contributed by atoms with Crippen molar-refractivity contribution < 1.29 is 9.59 Å². The second-order valence-corrected chi connectivity index (χ2v) is 8.39. The molecule has 0 amide bonds. The number of carbonyl (C=O) groups excluding carboxylic acids is 2. The maximum absolute atomic E-state index is 12.6. The Morgan fingerprint density at radius 1 is 0.727 bits per heavy atom. The molecule has 0 heterocycles. The van der Waals surface area contributed by atoms with E-state index in [1.807, 2.05) is 0 Å². The van der Waals surface area contributed by atoms with Gasteiger partial charge in [0.1, 0.15) is 11.6 Å². The summed E-state index contributed by atoms with van der Waals surface area (Å²) in [7, 11) is 0. The maximum atomic E-state index is 12.6. The van der Waals surface area contributed by atoms with Gasteiger partial charge in [0.05, 0.1) is 6.42 Å². The van der Waals surface area contributed by atoms with Gasteiger partial charge < -0.3 is 0 Å². The number of ketones is 2. The van der Waals surface area contributed by atoms with Gasteiger partial charge in [-0.05, 0) is 49.9 Å². The van der Waals surface area contributed by atoms with E-state index >= 15 is 0 Å². The van der Waals surface area contributed by atoms with Gasteiger partial charge in [0.25, 0.3) is 0 Å². The maximum Gasteiger partial charge on any atom is 0.143 e. The van der Waals surface area contributed by atoms with E-state index in [0.717, 1.165) is 37.5 Å². The summed E-state index contributed by atoms with van der Waals surface area (Å²) in [5.41, 5.74) is 0. The highest BCUT2D eigenvalue weighted by Crippen LogP contribution is 2.43. The lowest BCUT2D eigenvalue weighted by atomic mass is 9.66.